The zero-order chi connectivity index (χ0) is 23.5. The van der Waals surface area contributed by atoms with Crippen molar-refractivity contribution in [3.63, 3.8) is 0 Å². The summed E-state index contributed by atoms with van der Waals surface area (Å²) in [6.07, 6.45) is -0.745. The molecule has 5 heterocycles. The third-order valence-electron chi connectivity index (χ3n) is 6.33. The van der Waals surface area contributed by atoms with E-state index in [2.05, 4.69) is 15.2 Å². The third-order valence-corrected chi connectivity index (χ3v) is 7.21. The lowest BCUT2D eigenvalue weighted by molar-refractivity contribution is -0.155. The Hall–Kier alpha value is -2.96. The zero-order valence-electron chi connectivity index (χ0n) is 17.9. The van der Waals surface area contributed by atoms with Crippen LogP contribution in [0.15, 0.2) is 22.9 Å². The van der Waals surface area contributed by atoms with Crippen LogP contribution >= 0.6 is 11.3 Å². The summed E-state index contributed by atoms with van der Waals surface area (Å²) >= 11 is 1.44. The molecule has 0 saturated carbocycles. The maximum atomic E-state index is 13.1. The molecule has 3 aliphatic heterocycles. The number of nitrogens with zero attached hydrogens (tertiary/aromatic N) is 6. The van der Waals surface area contributed by atoms with Crippen LogP contribution in [0.4, 0.5) is 13.2 Å². The number of likely N-dealkylation sites (tertiary alicyclic amines) is 2. The van der Waals surface area contributed by atoms with Crippen LogP contribution in [-0.4, -0.2) is 79.0 Å². The Kier molecular flexibility index (Phi) is 4.99. The summed E-state index contributed by atoms with van der Waals surface area (Å²) < 4.78 is 40.4. The topological polar surface area (TPSA) is 92.9 Å². The highest BCUT2D eigenvalue weighted by Gasteiger charge is 2.56. The van der Waals surface area contributed by atoms with E-state index in [1.54, 1.807) is 15.8 Å². The van der Waals surface area contributed by atoms with Crippen molar-refractivity contribution in [3.8, 4) is 5.13 Å². The molecular formula is C20H21F3N6O3S. The molecule has 3 aliphatic rings. The van der Waals surface area contributed by atoms with E-state index < -0.39 is 29.8 Å². The lowest BCUT2D eigenvalue weighted by Crippen LogP contribution is -2.56. The number of carbonyl (C=O) groups excluding carboxylic acids is 2. The molecule has 9 nitrogen and oxygen atoms in total. The van der Waals surface area contributed by atoms with Crippen LogP contribution in [0.5, 0.6) is 0 Å². The minimum Gasteiger partial charge on any atom is -0.379 e. The SMILES string of the molecule is CCc1csc(-n2cc(C(=O)N3C[C@@H]4C[C@H]3CN4C(=O)C3(C)CC(C(F)(F)F)=NO3)cn2)n1. The van der Waals surface area contributed by atoms with Crippen molar-refractivity contribution in [1.29, 1.82) is 0 Å². The molecule has 1 unspecified atom stereocenters. The molecule has 33 heavy (non-hydrogen) atoms. The molecule has 0 radical (unpaired) electrons. The molecule has 176 valence electrons. The molecule has 2 amide bonds. The average molecular weight is 482 g/mol. The highest BCUT2D eigenvalue weighted by molar-refractivity contribution is 7.12. The van der Waals surface area contributed by atoms with Crippen LogP contribution in [0.2, 0.25) is 0 Å². The second-order valence-corrected chi connectivity index (χ2v) is 9.48. The van der Waals surface area contributed by atoms with Crippen LogP contribution in [-0.2, 0) is 16.1 Å². The number of carbonyl (C=O) groups is 2. The number of aromatic nitrogens is 3. The second-order valence-electron chi connectivity index (χ2n) is 8.64. The number of oxime groups is 1. The Morgan fingerprint density at radius 2 is 2.00 bits per heavy atom. The molecule has 13 heteroatoms. The smallest absolute Gasteiger partial charge is 0.379 e. The van der Waals surface area contributed by atoms with E-state index >= 15 is 0 Å². The highest BCUT2D eigenvalue weighted by atomic mass is 32.1. The molecule has 2 aromatic heterocycles. The normalized spacial score (nSPS) is 26.6. The molecule has 2 bridgehead atoms. The van der Waals surface area contributed by atoms with E-state index in [0.29, 0.717) is 23.7 Å². The van der Waals surface area contributed by atoms with Gasteiger partial charge in [-0.05, 0) is 19.8 Å². The molecule has 5 rings (SSSR count). The van der Waals surface area contributed by atoms with Crippen LogP contribution in [0.3, 0.4) is 0 Å². The van der Waals surface area contributed by atoms with Gasteiger partial charge in [0.1, 0.15) is 0 Å². The van der Waals surface area contributed by atoms with Gasteiger partial charge in [0.25, 0.3) is 11.8 Å². The Bertz CT molecular complexity index is 1140. The van der Waals surface area contributed by atoms with Crippen molar-refractivity contribution in [2.24, 2.45) is 5.16 Å². The molecule has 2 saturated heterocycles. The summed E-state index contributed by atoms with van der Waals surface area (Å²) in [5.41, 5.74) is -1.41. The number of piperazine rings is 1. The molecule has 3 atom stereocenters. The monoisotopic (exact) mass is 482 g/mol. The number of aryl methyl sites for hydroxylation is 1. The molecule has 0 aromatic carbocycles. The standard InChI is InChI=1S/C20H21F3N6O3S/c1-3-12-10-33-18(25-12)29-7-11(6-24-29)16(30)27-8-14-4-13(27)9-28(14)17(31)19(2)5-15(26-32-19)20(21,22)23/h6-7,10,13-14H,3-5,8-9H2,1-2H3/t13-,14-,19?/m0/s1. The van der Waals surface area contributed by atoms with Gasteiger partial charge in [-0.1, -0.05) is 12.1 Å². The fourth-order valence-electron chi connectivity index (χ4n) is 4.54. The summed E-state index contributed by atoms with van der Waals surface area (Å²) in [5, 5.41) is 9.97. The van der Waals surface area contributed by atoms with E-state index in [-0.39, 0.29) is 24.5 Å². The largest absolute Gasteiger partial charge is 0.432 e. The molecule has 2 fully saturated rings. The average Bonchev–Trinajstić information content (AvgIpc) is 3.58. The number of alkyl halides is 3. The lowest BCUT2D eigenvalue weighted by Gasteiger charge is -2.37. The van der Waals surface area contributed by atoms with Gasteiger partial charge in [0, 0.05) is 24.7 Å². The minimum atomic E-state index is -4.63. The third kappa shape index (κ3) is 3.67. The maximum Gasteiger partial charge on any atom is 0.432 e. The highest BCUT2D eigenvalue weighted by Crippen LogP contribution is 2.38. The van der Waals surface area contributed by atoms with Crippen LogP contribution in [0.25, 0.3) is 5.13 Å². The van der Waals surface area contributed by atoms with Gasteiger partial charge >= 0.3 is 6.18 Å². The van der Waals surface area contributed by atoms with Crippen molar-refractivity contribution >= 4 is 28.9 Å². The fourth-order valence-corrected chi connectivity index (χ4v) is 5.38. The van der Waals surface area contributed by atoms with E-state index in [1.165, 1.54) is 29.4 Å². The van der Waals surface area contributed by atoms with Gasteiger partial charge in [0.05, 0.1) is 36.0 Å². The molecule has 0 spiro atoms. The quantitative estimate of drug-likeness (QED) is 0.668. The number of amides is 2. The van der Waals surface area contributed by atoms with E-state index in [9.17, 15) is 22.8 Å². The summed E-state index contributed by atoms with van der Waals surface area (Å²) in [4.78, 5) is 38.7. The van der Waals surface area contributed by atoms with Gasteiger partial charge in [0.15, 0.2) is 5.71 Å². The number of hydrogen-bond donors (Lipinski definition) is 0. The first-order valence-corrected chi connectivity index (χ1v) is 11.4. The first-order chi connectivity index (χ1) is 15.6. The summed E-state index contributed by atoms with van der Waals surface area (Å²) in [5.74, 6) is -0.729. The first kappa shape index (κ1) is 21.9. The second kappa shape index (κ2) is 7.54. The molecular weight excluding hydrogens is 461 g/mol. The lowest BCUT2D eigenvalue weighted by atomic mass is 9.97. The zero-order valence-corrected chi connectivity index (χ0v) is 18.7. The van der Waals surface area contributed by atoms with Crippen molar-refractivity contribution in [3.05, 3.63) is 29.0 Å². The van der Waals surface area contributed by atoms with Gasteiger partial charge in [-0.15, -0.1) is 11.3 Å². The van der Waals surface area contributed by atoms with E-state index in [0.717, 1.165) is 12.1 Å². The van der Waals surface area contributed by atoms with Crippen LogP contribution in [0.1, 0.15) is 42.7 Å². The predicted molar refractivity (Wildman–Crippen MR) is 111 cm³/mol. The Morgan fingerprint density at radius 3 is 2.61 bits per heavy atom. The number of rotatable bonds is 4. The van der Waals surface area contributed by atoms with Crippen molar-refractivity contribution in [2.45, 2.75) is 57.0 Å². The predicted octanol–water partition coefficient (Wildman–Crippen LogP) is 2.41. The number of fused-ring (bicyclic) bond motifs is 2. The fraction of sp³-hybridized carbons (Fsp3) is 0.550. The maximum absolute atomic E-state index is 13.1. The number of hydrogen-bond acceptors (Lipinski definition) is 7. The molecule has 0 N–H and O–H groups in total. The van der Waals surface area contributed by atoms with Gasteiger partial charge in [-0.2, -0.15) is 18.3 Å². The van der Waals surface area contributed by atoms with Gasteiger partial charge in [-0.3, -0.25) is 9.59 Å². The Morgan fingerprint density at radius 1 is 1.27 bits per heavy atom. The minimum absolute atomic E-state index is 0.195. The van der Waals surface area contributed by atoms with E-state index in [1.807, 2.05) is 12.3 Å². The first-order valence-electron chi connectivity index (χ1n) is 10.5. The number of thiazole rings is 1. The Balaban J connectivity index is 1.24. The van der Waals surface area contributed by atoms with Crippen molar-refractivity contribution in [2.75, 3.05) is 13.1 Å². The van der Waals surface area contributed by atoms with Crippen LogP contribution < -0.4 is 0 Å². The van der Waals surface area contributed by atoms with Gasteiger partial charge < -0.3 is 14.6 Å². The number of halogens is 3. The summed E-state index contributed by atoms with van der Waals surface area (Å²) in [6, 6.07) is -0.489. The van der Waals surface area contributed by atoms with Crippen molar-refractivity contribution < 1.29 is 27.6 Å². The van der Waals surface area contributed by atoms with Gasteiger partial charge in [-0.25, -0.2) is 9.67 Å². The van der Waals surface area contributed by atoms with Crippen LogP contribution in [0, 0.1) is 0 Å². The van der Waals surface area contributed by atoms with Crippen molar-refractivity contribution in [1.82, 2.24) is 24.6 Å². The molecule has 0 aliphatic carbocycles. The summed E-state index contributed by atoms with van der Waals surface area (Å²) in [6.45, 7) is 3.88. The molecule has 2 aromatic rings. The van der Waals surface area contributed by atoms with Gasteiger partial charge in [0.2, 0.25) is 10.7 Å². The summed E-state index contributed by atoms with van der Waals surface area (Å²) in [7, 11) is 0. The Labute approximate surface area is 190 Å². The van der Waals surface area contributed by atoms with E-state index in [4.69, 9.17) is 4.84 Å².